The zero-order valence-electron chi connectivity index (χ0n) is 19.4. The number of amides is 2. The number of halogens is 3. The molecule has 1 fully saturated rings. The maximum absolute atomic E-state index is 13.1. The largest absolute Gasteiger partial charge is 0.418 e. The van der Waals surface area contributed by atoms with Crippen LogP contribution in [0.25, 0.3) is 6.08 Å². The quantitative estimate of drug-likeness (QED) is 0.506. The van der Waals surface area contributed by atoms with Crippen molar-refractivity contribution in [2.24, 2.45) is 0 Å². The molecule has 0 atom stereocenters. The van der Waals surface area contributed by atoms with Gasteiger partial charge < -0.3 is 10.2 Å². The van der Waals surface area contributed by atoms with Crippen molar-refractivity contribution in [3.63, 3.8) is 0 Å². The second-order valence-electron chi connectivity index (χ2n) is 8.35. The summed E-state index contributed by atoms with van der Waals surface area (Å²) in [5.41, 5.74) is 0.495. The summed E-state index contributed by atoms with van der Waals surface area (Å²) in [6.45, 7) is 2.18. The molecule has 0 unspecified atom stereocenters. The third-order valence-corrected chi connectivity index (χ3v) is 5.70. The number of para-hydroxylation sites is 1. The third-order valence-electron chi connectivity index (χ3n) is 5.70. The lowest BCUT2D eigenvalue weighted by Gasteiger charge is -2.33. The molecule has 2 aromatic carbocycles. The van der Waals surface area contributed by atoms with Gasteiger partial charge in [0.25, 0.3) is 0 Å². The average molecular weight is 499 g/mol. The van der Waals surface area contributed by atoms with Crippen LogP contribution in [-0.2, 0) is 22.3 Å². The highest BCUT2D eigenvalue weighted by molar-refractivity contribution is 5.93. The van der Waals surface area contributed by atoms with Gasteiger partial charge in [-0.3, -0.25) is 14.5 Å². The summed E-state index contributed by atoms with van der Waals surface area (Å²) in [6, 6.07) is 14.7. The van der Waals surface area contributed by atoms with E-state index in [2.05, 4.69) is 15.6 Å². The molecule has 1 N–H and O–H groups in total. The molecule has 2 heterocycles. The van der Waals surface area contributed by atoms with E-state index in [0.717, 1.165) is 11.6 Å². The monoisotopic (exact) mass is 498 g/mol. The minimum absolute atomic E-state index is 0.0609. The van der Waals surface area contributed by atoms with E-state index in [1.807, 2.05) is 30.3 Å². The van der Waals surface area contributed by atoms with Gasteiger partial charge in [-0.15, -0.1) is 5.10 Å². The van der Waals surface area contributed by atoms with Crippen LogP contribution in [0.4, 0.5) is 18.9 Å². The van der Waals surface area contributed by atoms with Crippen LogP contribution in [0.1, 0.15) is 16.8 Å². The predicted octanol–water partition coefficient (Wildman–Crippen LogP) is 3.14. The van der Waals surface area contributed by atoms with Crippen LogP contribution >= 0.6 is 0 Å². The highest BCUT2D eigenvalue weighted by Gasteiger charge is 2.33. The third kappa shape index (κ3) is 6.79. The van der Waals surface area contributed by atoms with Crippen LogP contribution < -0.4 is 5.32 Å². The zero-order valence-corrected chi connectivity index (χ0v) is 19.4. The summed E-state index contributed by atoms with van der Waals surface area (Å²) < 4.78 is 41.1. The smallest absolute Gasteiger partial charge is 0.337 e. The van der Waals surface area contributed by atoms with Crippen molar-refractivity contribution in [1.82, 2.24) is 24.8 Å². The lowest BCUT2D eigenvalue weighted by Crippen LogP contribution is -2.50. The second kappa shape index (κ2) is 11.2. The number of aromatic nitrogens is 3. The number of anilines is 1. The van der Waals surface area contributed by atoms with E-state index in [1.54, 1.807) is 26.8 Å². The number of nitrogens with one attached hydrogen (secondary N) is 1. The average Bonchev–Trinajstić information content (AvgIpc) is 3.30. The van der Waals surface area contributed by atoms with Gasteiger partial charge in [0.15, 0.2) is 0 Å². The Labute approximate surface area is 206 Å². The first-order valence-electron chi connectivity index (χ1n) is 11.4. The first-order chi connectivity index (χ1) is 17.3. The molecular weight excluding hydrogens is 473 g/mol. The number of hydrogen-bond acceptors (Lipinski definition) is 5. The van der Waals surface area contributed by atoms with Crippen molar-refractivity contribution in [3.8, 4) is 0 Å². The number of benzene rings is 2. The summed E-state index contributed by atoms with van der Waals surface area (Å²) in [7, 11) is 0. The molecule has 0 saturated carbocycles. The Morgan fingerprint density at radius 3 is 2.39 bits per heavy atom. The first kappa shape index (κ1) is 25.1. The van der Waals surface area contributed by atoms with Crippen LogP contribution in [0, 0.1) is 0 Å². The number of piperazine rings is 1. The molecule has 3 aromatic rings. The molecule has 0 aliphatic carbocycles. The molecule has 188 valence electrons. The van der Waals surface area contributed by atoms with Crippen molar-refractivity contribution >= 4 is 23.6 Å². The van der Waals surface area contributed by atoms with Gasteiger partial charge in [0.1, 0.15) is 5.69 Å². The van der Waals surface area contributed by atoms with E-state index < -0.39 is 17.6 Å². The van der Waals surface area contributed by atoms with E-state index >= 15 is 0 Å². The van der Waals surface area contributed by atoms with E-state index in [1.165, 1.54) is 24.3 Å². The maximum atomic E-state index is 13.1. The lowest BCUT2D eigenvalue weighted by atomic mass is 10.1. The molecule has 0 spiro atoms. The molecule has 1 aromatic heterocycles. The summed E-state index contributed by atoms with van der Waals surface area (Å²) in [5, 5.41) is 10.5. The van der Waals surface area contributed by atoms with Crippen molar-refractivity contribution < 1.29 is 22.8 Å². The number of alkyl halides is 3. The molecule has 0 bridgehead atoms. The fraction of sp³-hybridized carbons (Fsp3) is 0.280. The van der Waals surface area contributed by atoms with Crippen molar-refractivity contribution in [1.29, 1.82) is 0 Å². The summed E-state index contributed by atoms with van der Waals surface area (Å²) in [6.07, 6.45) is 0.242. The van der Waals surface area contributed by atoms with Crippen LogP contribution in [-0.4, -0.2) is 69.3 Å². The van der Waals surface area contributed by atoms with Crippen LogP contribution in [0.3, 0.4) is 0 Å². The zero-order chi connectivity index (χ0) is 25.5. The van der Waals surface area contributed by atoms with Gasteiger partial charge in [-0.25, -0.2) is 4.68 Å². The van der Waals surface area contributed by atoms with Crippen molar-refractivity contribution in [2.75, 3.05) is 38.0 Å². The lowest BCUT2D eigenvalue weighted by molar-refractivity contribution is -0.137. The van der Waals surface area contributed by atoms with Crippen molar-refractivity contribution in [2.45, 2.75) is 12.7 Å². The van der Waals surface area contributed by atoms with Crippen molar-refractivity contribution in [3.05, 3.63) is 83.7 Å². The van der Waals surface area contributed by atoms with Gasteiger partial charge in [0.05, 0.1) is 30.5 Å². The van der Waals surface area contributed by atoms with Gasteiger partial charge in [-0.2, -0.15) is 13.2 Å². The molecule has 36 heavy (non-hydrogen) atoms. The Bertz CT molecular complexity index is 1220. The molecule has 2 amide bonds. The molecule has 4 rings (SSSR count). The first-order valence-corrected chi connectivity index (χ1v) is 11.4. The number of nitrogens with zero attached hydrogens (tertiary/aromatic N) is 5. The minimum Gasteiger partial charge on any atom is -0.337 e. The number of hydrogen-bond donors (Lipinski definition) is 1. The highest BCUT2D eigenvalue weighted by atomic mass is 19.4. The Hall–Kier alpha value is -3.99. The molecule has 1 saturated heterocycles. The fourth-order valence-corrected chi connectivity index (χ4v) is 3.86. The maximum Gasteiger partial charge on any atom is 0.418 e. The minimum atomic E-state index is -4.56. The van der Waals surface area contributed by atoms with E-state index in [0.29, 0.717) is 38.4 Å². The topological polar surface area (TPSA) is 83.4 Å². The Kier molecular flexibility index (Phi) is 7.79. The van der Waals surface area contributed by atoms with E-state index in [9.17, 15) is 22.8 Å². The van der Waals surface area contributed by atoms with E-state index in [-0.39, 0.29) is 18.1 Å². The highest BCUT2D eigenvalue weighted by Crippen LogP contribution is 2.34. The normalized spacial score (nSPS) is 14.8. The number of rotatable bonds is 7. The van der Waals surface area contributed by atoms with Gasteiger partial charge in [0.2, 0.25) is 11.8 Å². The Morgan fingerprint density at radius 2 is 1.67 bits per heavy atom. The fourth-order valence-electron chi connectivity index (χ4n) is 3.86. The van der Waals surface area contributed by atoms with Crippen LogP contribution in [0.15, 0.2) is 66.9 Å². The van der Waals surface area contributed by atoms with Gasteiger partial charge in [-0.1, -0.05) is 47.7 Å². The molecular formula is C25H25F3N6O2. The SMILES string of the molecule is O=C(CN1CCN(C(=O)C=Cc2cn(Cc3ccccc3)nn2)CC1)Nc1ccccc1C(F)(F)F. The summed E-state index contributed by atoms with van der Waals surface area (Å²) in [5.74, 6) is -0.722. The summed E-state index contributed by atoms with van der Waals surface area (Å²) >= 11 is 0. The predicted molar refractivity (Wildman–Crippen MR) is 128 cm³/mol. The van der Waals surface area contributed by atoms with Gasteiger partial charge in [-0.05, 0) is 23.8 Å². The number of carbonyl (C=O) groups is 2. The Balaban J connectivity index is 1.23. The molecule has 11 heteroatoms. The Morgan fingerprint density at radius 1 is 0.972 bits per heavy atom. The van der Waals surface area contributed by atoms with Crippen LogP contribution in [0.5, 0.6) is 0 Å². The van der Waals surface area contributed by atoms with Gasteiger partial charge in [0, 0.05) is 32.3 Å². The van der Waals surface area contributed by atoms with Crippen LogP contribution in [0.2, 0.25) is 0 Å². The summed E-state index contributed by atoms with van der Waals surface area (Å²) in [4.78, 5) is 28.3. The second-order valence-corrected chi connectivity index (χ2v) is 8.35. The van der Waals surface area contributed by atoms with E-state index in [4.69, 9.17) is 0 Å². The molecule has 1 aliphatic rings. The molecule has 1 aliphatic heterocycles. The molecule has 8 nitrogen and oxygen atoms in total. The standard InChI is InChI=1S/C25H25F3N6O2/c26-25(27,28)21-8-4-5-9-22(21)29-23(35)18-32-12-14-33(15-13-32)24(36)11-10-20-17-34(31-30-20)16-19-6-2-1-3-7-19/h1-11,17H,12-16,18H2,(H,29,35). The molecule has 0 radical (unpaired) electrons. The van der Waals surface area contributed by atoms with Gasteiger partial charge >= 0.3 is 6.18 Å². The number of carbonyl (C=O) groups excluding carboxylic acids is 2.